The van der Waals surface area contributed by atoms with Gasteiger partial charge in [0.25, 0.3) is 0 Å². The largest absolute Gasteiger partial charge is 0.372 e. The van der Waals surface area contributed by atoms with Crippen molar-refractivity contribution in [3.63, 3.8) is 0 Å². The van der Waals surface area contributed by atoms with E-state index in [-0.39, 0.29) is 18.2 Å². The summed E-state index contributed by atoms with van der Waals surface area (Å²) in [6.45, 7) is 6.87. The summed E-state index contributed by atoms with van der Waals surface area (Å²) >= 11 is 0. The van der Waals surface area contributed by atoms with E-state index in [1.54, 1.807) is 4.90 Å². The molecule has 2 atom stereocenters. The number of rotatable bonds is 4. The van der Waals surface area contributed by atoms with Gasteiger partial charge in [-0.2, -0.15) is 0 Å². The lowest BCUT2D eigenvalue weighted by Crippen LogP contribution is -2.45. The lowest BCUT2D eigenvalue weighted by Gasteiger charge is -2.36. The maximum absolute atomic E-state index is 12.1. The molecule has 1 N–H and O–H groups in total. The first-order chi connectivity index (χ1) is 11.0. The highest BCUT2D eigenvalue weighted by molar-refractivity contribution is 5.89. The number of urea groups is 1. The number of ether oxygens (including phenoxy) is 1. The minimum absolute atomic E-state index is 0.0294. The number of nitrogens with one attached hydrogen (secondary N) is 1. The first kappa shape index (κ1) is 16.1. The quantitative estimate of drug-likeness (QED) is 0.927. The molecule has 126 valence electrons. The Balaban J connectivity index is 1.57. The SMILES string of the molecule is C[C@@H]1CN(c2ccc(NC(=O)N(C)CC3CC3)cc2)C[C@@H](C)O1. The summed E-state index contributed by atoms with van der Waals surface area (Å²) in [5.74, 6) is 0.707. The molecular formula is C18H27N3O2. The molecule has 2 aliphatic rings. The third-order valence-corrected chi connectivity index (χ3v) is 4.48. The first-order valence-corrected chi connectivity index (χ1v) is 8.54. The van der Waals surface area contributed by atoms with Gasteiger partial charge in [-0.25, -0.2) is 4.79 Å². The minimum Gasteiger partial charge on any atom is -0.372 e. The Labute approximate surface area is 138 Å². The van der Waals surface area contributed by atoms with Gasteiger partial charge in [-0.1, -0.05) is 0 Å². The summed E-state index contributed by atoms with van der Waals surface area (Å²) in [6, 6.07) is 8.06. The van der Waals surface area contributed by atoms with Crippen LogP contribution in [0.2, 0.25) is 0 Å². The van der Waals surface area contributed by atoms with Gasteiger partial charge in [0.05, 0.1) is 12.2 Å². The zero-order chi connectivity index (χ0) is 16.4. The highest BCUT2D eigenvalue weighted by atomic mass is 16.5. The van der Waals surface area contributed by atoms with E-state index < -0.39 is 0 Å². The lowest BCUT2D eigenvalue weighted by molar-refractivity contribution is -0.00521. The molecule has 0 spiro atoms. The van der Waals surface area contributed by atoms with E-state index >= 15 is 0 Å². The van der Waals surface area contributed by atoms with Crippen LogP contribution in [0.5, 0.6) is 0 Å². The second kappa shape index (κ2) is 6.79. The number of hydrogen-bond acceptors (Lipinski definition) is 3. The van der Waals surface area contributed by atoms with Gasteiger partial charge in [0.2, 0.25) is 0 Å². The smallest absolute Gasteiger partial charge is 0.321 e. The van der Waals surface area contributed by atoms with Gasteiger partial charge in [0, 0.05) is 38.1 Å². The molecule has 1 saturated heterocycles. The summed E-state index contributed by atoms with van der Waals surface area (Å²) in [4.78, 5) is 16.2. The van der Waals surface area contributed by atoms with Crippen molar-refractivity contribution in [2.45, 2.75) is 38.9 Å². The number of nitrogens with zero attached hydrogens (tertiary/aromatic N) is 2. The van der Waals surface area contributed by atoms with Gasteiger partial charge in [-0.05, 0) is 56.9 Å². The molecular weight excluding hydrogens is 290 g/mol. The van der Waals surface area contributed by atoms with Crippen LogP contribution in [0, 0.1) is 5.92 Å². The Morgan fingerprint density at radius 1 is 1.22 bits per heavy atom. The van der Waals surface area contributed by atoms with Crippen molar-refractivity contribution in [2.24, 2.45) is 5.92 Å². The van der Waals surface area contributed by atoms with E-state index in [9.17, 15) is 4.79 Å². The van der Waals surface area contributed by atoms with Crippen LogP contribution in [0.4, 0.5) is 16.2 Å². The Bertz CT molecular complexity index is 532. The number of carbonyl (C=O) groups is 1. The first-order valence-electron chi connectivity index (χ1n) is 8.54. The average molecular weight is 317 g/mol. The van der Waals surface area contributed by atoms with Crippen molar-refractivity contribution in [3.05, 3.63) is 24.3 Å². The summed E-state index contributed by atoms with van der Waals surface area (Å²) in [5.41, 5.74) is 2.02. The fraction of sp³-hybridized carbons (Fsp3) is 0.611. The Hall–Kier alpha value is -1.75. The molecule has 0 unspecified atom stereocenters. The van der Waals surface area contributed by atoms with Gasteiger partial charge < -0.3 is 19.9 Å². The molecule has 1 heterocycles. The molecule has 2 fully saturated rings. The Kier molecular flexibility index (Phi) is 4.76. The van der Waals surface area contributed by atoms with E-state index in [0.717, 1.165) is 25.3 Å². The van der Waals surface area contributed by atoms with Gasteiger partial charge in [0.15, 0.2) is 0 Å². The zero-order valence-corrected chi connectivity index (χ0v) is 14.3. The van der Waals surface area contributed by atoms with Gasteiger partial charge >= 0.3 is 6.03 Å². The van der Waals surface area contributed by atoms with Crippen molar-refractivity contribution in [3.8, 4) is 0 Å². The normalized spacial score (nSPS) is 24.4. The van der Waals surface area contributed by atoms with Crippen molar-refractivity contribution in [1.82, 2.24) is 4.90 Å². The van der Waals surface area contributed by atoms with Crippen LogP contribution >= 0.6 is 0 Å². The molecule has 5 heteroatoms. The summed E-state index contributed by atoms with van der Waals surface area (Å²) in [7, 11) is 1.86. The third kappa shape index (κ3) is 4.38. The molecule has 23 heavy (non-hydrogen) atoms. The Morgan fingerprint density at radius 2 is 1.83 bits per heavy atom. The molecule has 1 aromatic carbocycles. The molecule has 5 nitrogen and oxygen atoms in total. The number of benzene rings is 1. The lowest BCUT2D eigenvalue weighted by atomic mass is 10.2. The van der Waals surface area contributed by atoms with Crippen LogP contribution < -0.4 is 10.2 Å². The van der Waals surface area contributed by atoms with Gasteiger partial charge in [0.1, 0.15) is 0 Å². The van der Waals surface area contributed by atoms with E-state index in [0.29, 0.717) is 5.92 Å². The third-order valence-electron chi connectivity index (χ3n) is 4.48. The summed E-state index contributed by atoms with van der Waals surface area (Å²) < 4.78 is 5.77. The molecule has 1 aliphatic carbocycles. The van der Waals surface area contributed by atoms with Crippen LogP contribution in [-0.2, 0) is 4.74 Å². The van der Waals surface area contributed by atoms with E-state index in [2.05, 4.69) is 36.2 Å². The molecule has 3 rings (SSSR count). The second-order valence-corrected chi connectivity index (χ2v) is 6.96. The summed E-state index contributed by atoms with van der Waals surface area (Å²) in [5, 5.41) is 2.97. The van der Waals surface area contributed by atoms with Crippen LogP contribution in [0.15, 0.2) is 24.3 Å². The van der Waals surface area contributed by atoms with Crippen LogP contribution in [0.3, 0.4) is 0 Å². The molecule has 1 aromatic rings. The van der Waals surface area contributed by atoms with Crippen molar-refractivity contribution >= 4 is 17.4 Å². The predicted octanol–water partition coefficient (Wildman–Crippen LogP) is 3.17. The number of hydrogen-bond donors (Lipinski definition) is 1. The number of anilines is 2. The average Bonchev–Trinajstić information content (AvgIpc) is 3.31. The van der Waals surface area contributed by atoms with E-state index in [1.165, 1.54) is 18.5 Å². The maximum Gasteiger partial charge on any atom is 0.321 e. The standard InChI is InChI=1S/C18H27N3O2/c1-13-10-21(11-14(2)23-13)17-8-6-16(7-9-17)19-18(22)20(3)12-15-4-5-15/h6-9,13-15H,4-5,10-12H2,1-3H3,(H,19,22)/t13-,14-/m1/s1. The molecule has 0 radical (unpaired) electrons. The van der Waals surface area contributed by atoms with Crippen LogP contribution in [0.1, 0.15) is 26.7 Å². The number of carbonyl (C=O) groups excluding carboxylic acids is 1. The molecule has 2 amide bonds. The van der Waals surface area contributed by atoms with Crippen molar-refractivity contribution in [2.75, 3.05) is 36.9 Å². The highest BCUT2D eigenvalue weighted by Crippen LogP contribution is 2.29. The molecule has 0 bridgehead atoms. The number of amides is 2. The maximum atomic E-state index is 12.1. The second-order valence-electron chi connectivity index (χ2n) is 6.96. The molecule has 1 aliphatic heterocycles. The Morgan fingerprint density at radius 3 is 2.39 bits per heavy atom. The van der Waals surface area contributed by atoms with Crippen LogP contribution in [0.25, 0.3) is 0 Å². The van der Waals surface area contributed by atoms with Gasteiger partial charge in [-0.3, -0.25) is 0 Å². The summed E-state index contributed by atoms with van der Waals surface area (Å²) in [6.07, 6.45) is 2.99. The van der Waals surface area contributed by atoms with E-state index in [4.69, 9.17) is 4.74 Å². The molecule has 0 aromatic heterocycles. The minimum atomic E-state index is -0.0294. The fourth-order valence-corrected chi connectivity index (χ4v) is 3.13. The van der Waals surface area contributed by atoms with Crippen molar-refractivity contribution in [1.29, 1.82) is 0 Å². The van der Waals surface area contributed by atoms with Gasteiger partial charge in [-0.15, -0.1) is 0 Å². The topological polar surface area (TPSA) is 44.8 Å². The number of morpholine rings is 1. The monoisotopic (exact) mass is 317 g/mol. The molecule has 1 saturated carbocycles. The van der Waals surface area contributed by atoms with Crippen LogP contribution in [-0.4, -0.2) is 49.8 Å². The predicted molar refractivity (Wildman–Crippen MR) is 93.0 cm³/mol. The van der Waals surface area contributed by atoms with E-state index in [1.807, 2.05) is 19.2 Å². The highest BCUT2D eigenvalue weighted by Gasteiger charge is 2.25. The zero-order valence-electron chi connectivity index (χ0n) is 14.3. The fourth-order valence-electron chi connectivity index (χ4n) is 3.13. The van der Waals surface area contributed by atoms with Crippen molar-refractivity contribution < 1.29 is 9.53 Å².